The number of carbonyl (C=O) groups excluding carboxylic acids is 1. The minimum Gasteiger partial charge on any atom is -0.494 e. The third kappa shape index (κ3) is 1.61. The summed E-state index contributed by atoms with van der Waals surface area (Å²) in [5.41, 5.74) is 0.778. The highest BCUT2D eigenvalue weighted by Gasteiger charge is 2.16. The highest BCUT2D eigenvalue weighted by molar-refractivity contribution is 5.94. The largest absolute Gasteiger partial charge is 0.494 e. The Balaban J connectivity index is 2.79. The van der Waals surface area contributed by atoms with Gasteiger partial charge in [0.15, 0.2) is 0 Å². The second kappa shape index (κ2) is 3.23. The van der Waals surface area contributed by atoms with E-state index in [-0.39, 0.29) is 5.91 Å². The third-order valence-electron chi connectivity index (χ3n) is 1.41. The van der Waals surface area contributed by atoms with E-state index < -0.39 is 0 Å². The zero-order valence-corrected chi connectivity index (χ0v) is 6.68. The van der Waals surface area contributed by atoms with Crippen LogP contribution < -0.4 is 5.32 Å². The molecule has 0 spiro atoms. The van der Waals surface area contributed by atoms with Gasteiger partial charge in [-0.2, -0.15) is 0 Å². The summed E-state index contributed by atoms with van der Waals surface area (Å²) in [6, 6.07) is 0. The number of methoxy groups -OCH3 is 1. The number of amides is 1. The normalized spacial score (nSPS) is 20.0. The van der Waals surface area contributed by atoms with Crippen LogP contribution in [-0.2, 0) is 9.53 Å². The first kappa shape index (κ1) is 7.85. The molecule has 0 aromatic rings. The van der Waals surface area contributed by atoms with Crippen molar-refractivity contribution in [2.75, 3.05) is 7.11 Å². The smallest absolute Gasteiger partial charge is 0.252 e. The van der Waals surface area contributed by atoms with E-state index in [1.165, 1.54) is 6.08 Å². The van der Waals surface area contributed by atoms with E-state index in [1.807, 2.05) is 13.0 Å². The highest BCUT2D eigenvalue weighted by atomic mass is 16.5. The number of rotatable bonds is 2. The number of ether oxygens (including phenoxy) is 1. The van der Waals surface area contributed by atoms with Gasteiger partial charge in [0.2, 0.25) is 0 Å². The second-order valence-corrected chi connectivity index (χ2v) is 2.23. The first-order valence-corrected chi connectivity index (χ1v) is 3.55. The van der Waals surface area contributed by atoms with E-state index in [9.17, 15) is 4.79 Å². The summed E-state index contributed by atoms with van der Waals surface area (Å²) in [7, 11) is 1.55. The van der Waals surface area contributed by atoms with E-state index in [0.717, 1.165) is 12.1 Å². The van der Waals surface area contributed by atoms with Crippen LogP contribution in [0.5, 0.6) is 0 Å². The van der Waals surface area contributed by atoms with E-state index in [4.69, 9.17) is 4.74 Å². The van der Waals surface area contributed by atoms with Crippen molar-refractivity contribution in [3.8, 4) is 0 Å². The average Bonchev–Trinajstić information content (AvgIpc) is 2.32. The number of carbonyl (C=O) groups is 1. The molecule has 0 fully saturated rings. The lowest BCUT2D eigenvalue weighted by Crippen LogP contribution is -2.13. The molecule has 1 heterocycles. The molecule has 3 nitrogen and oxygen atoms in total. The molecule has 0 saturated carbocycles. The van der Waals surface area contributed by atoms with Gasteiger partial charge < -0.3 is 10.1 Å². The summed E-state index contributed by atoms with van der Waals surface area (Å²) >= 11 is 0. The molecule has 1 N–H and O–H groups in total. The van der Waals surface area contributed by atoms with Gasteiger partial charge in [-0.05, 0) is 6.42 Å². The summed E-state index contributed by atoms with van der Waals surface area (Å²) in [5.74, 6) is 0.512. The maximum atomic E-state index is 10.8. The SMILES string of the molecule is CC/C=C1/NC(=O)C=C1OC. The van der Waals surface area contributed by atoms with Crippen LogP contribution in [0.15, 0.2) is 23.6 Å². The number of hydrogen-bond donors (Lipinski definition) is 1. The fourth-order valence-corrected chi connectivity index (χ4v) is 0.952. The first-order chi connectivity index (χ1) is 5.27. The number of nitrogens with one attached hydrogen (secondary N) is 1. The molecule has 1 aliphatic rings. The highest BCUT2D eigenvalue weighted by Crippen LogP contribution is 2.13. The lowest BCUT2D eigenvalue weighted by molar-refractivity contribution is -0.115. The molecule has 1 amide bonds. The predicted octanol–water partition coefficient (Wildman–Crippen LogP) is 0.940. The molecule has 0 bridgehead atoms. The maximum Gasteiger partial charge on any atom is 0.252 e. The van der Waals surface area contributed by atoms with Gasteiger partial charge in [0, 0.05) is 6.08 Å². The molecule has 0 saturated heterocycles. The second-order valence-electron chi connectivity index (χ2n) is 2.23. The van der Waals surface area contributed by atoms with Crippen molar-refractivity contribution in [1.29, 1.82) is 0 Å². The summed E-state index contributed by atoms with van der Waals surface area (Å²) in [6.45, 7) is 2.00. The van der Waals surface area contributed by atoms with Gasteiger partial charge in [0.1, 0.15) is 5.76 Å². The average molecular weight is 153 g/mol. The van der Waals surface area contributed by atoms with Gasteiger partial charge in [-0.25, -0.2) is 0 Å². The molecule has 60 valence electrons. The molecule has 0 unspecified atom stereocenters. The summed E-state index contributed by atoms with van der Waals surface area (Å²) in [5, 5.41) is 2.66. The quantitative estimate of drug-likeness (QED) is 0.641. The minimum atomic E-state index is -0.110. The van der Waals surface area contributed by atoms with Crippen molar-refractivity contribution in [2.45, 2.75) is 13.3 Å². The molecule has 1 rings (SSSR count). The molecular weight excluding hydrogens is 142 g/mol. The van der Waals surface area contributed by atoms with Gasteiger partial charge >= 0.3 is 0 Å². The predicted molar refractivity (Wildman–Crippen MR) is 41.6 cm³/mol. The van der Waals surface area contributed by atoms with Crippen LogP contribution >= 0.6 is 0 Å². The van der Waals surface area contributed by atoms with Crippen LogP contribution in [0.25, 0.3) is 0 Å². The summed E-state index contributed by atoms with van der Waals surface area (Å²) < 4.78 is 4.96. The monoisotopic (exact) mass is 153 g/mol. The standard InChI is InChI=1S/C8H11NO2/c1-3-4-6-7(11-2)5-8(10)9-6/h4-5H,3H2,1-2H3,(H,9,10)/b6-4+. The molecule has 0 aromatic carbocycles. The molecule has 3 heteroatoms. The Morgan fingerprint density at radius 2 is 2.45 bits per heavy atom. The maximum absolute atomic E-state index is 10.8. The van der Waals surface area contributed by atoms with Crippen molar-refractivity contribution in [3.63, 3.8) is 0 Å². The van der Waals surface area contributed by atoms with E-state index in [0.29, 0.717) is 5.76 Å². The lowest BCUT2D eigenvalue weighted by atomic mass is 10.3. The topological polar surface area (TPSA) is 38.3 Å². The third-order valence-corrected chi connectivity index (χ3v) is 1.41. The molecule has 0 aliphatic carbocycles. The Kier molecular flexibility index (Phi) is 2.31. The van der Waals surface area contributed by atoms with Crippen molar-refractivity contribution in [1.82, 2.24) is 5.32 Å². The van der Waals surface area contributed by atoms with Crippen molar-refractivity contribution in [2.24, 2.45) is 0 Å². The van der Waals surface area contributed by atoms with E-state index in [2.05, 4.69) is 5.32 Å². The first-order valence-electron chi connectivity index (χ1n) is 3.55. The molecule has 11 heavy (non-hydrogen) atoms. The molecule has 0 atom stereocenters. The van der Waals surface area contributed by atoms with Crippen LogP contribution in [0.1, 0.15) is 13.3 Å². The van der Waals surface area contributed by atoms with Crippen molar-refractivity contribution < 1.29 is 9.53 Å². The zero-order chi connectivity index (χ0) is 8.27. The zero-order valence-electron chi connectivity index (χ0n) is 6.68. The van der Waals surface area contributed by atoms with Gasteiger partial charge in [-0.1, -0.05) is 13.0 Å². The van der Waals surface area contributed by atoms with Gasteiger partial charge in [0.25, 0.3) is 5.91 Å². The Morgan fingerprint density at radius 3 is 3.00 bits per heavy atom. The number of hydrogen-bond acceptors (Lipinski definition) is 2. The Labute approximate surface area is 65.7 Å². The Bertz CT molecular complexity index is 228. The Hall–Kier alpha value is -1.25. The van der Waals surface area contributed by atoms with Crippen LogP contribution in [0.3, 0.4) is 0 Å². The van der Waals surface area contributed by atoms with E-state index in [1.54, 1.807) is 7.11 Å². The Morgan fingerprint density at radius 1 is 1.73 bits per heavy atom. The minimum absolute atomic E-state index is 0.110. The van der Waals surface area contributed by atoms with Gasteiger partial charge in [0.05, 0.1) is 12.8 Å². The van der Waals surface area contributed by atoms with Crippen molar-refractivity contribution >= 4 is 5.91 Å². The van der Waals surface area contributed by atoms with Gasteiger partial charge in [-0.15, -0.1) is 0 Å². The summed E-state index contributed by atoms with van der Waals surface area (Å²) in [6.07, 6.45) is 4.25. The summed E-state index contributed by atoms with van der Waals surface area (Å²) in [4.78, 5) is 10.8. The van der Waals surface area contributed by atoms with Crippen LogP contribution in [0, 0.1) is 0 Å². The lowest BCUT2D eigenvalue weighted by Gasteiger charge is -2.01. The van der Waals surface area contributed by atoms with E-state index >= 15 is 0 Å². The van der Waals surface area contributed by atoms with Crippen LogP contribution in [0.4, 0.5) is 0 Å². The molecule has 0 radical (unpaired) electrons. The fourth-order valence-electron chi connectivity index (χ4n) is 0.952. The molecular formula is C8H11NO2. The van der Waals surface area contributed by atoms with Gasteiger partial charge in [-0.3, -0.25) is 4.79 Å². The molecule has 0 aromatic heterocycles. The van der Waals surface area contributed by atoms with Crippen molar-refractivity contribution in [3.05, 3.63) is 23.6 Å². The molecule has 1 aliphatic heterocycles. The van der Waals surface area contributed by atoms with Crippen LogP contribution in [-0.4, -0.2) is 13.0 Å². The fraction of sp³-hybridized carbons (Fsp3) is 0.375. The number of allylic oxidation sites excluding steroid dienone is 1. The van der Waals surface area contributed by atoms with Crippen LogP contribution in [0.2, 0.25) is 0 Å².